The number of amides is 2. The number of carbonyl (C=O) groups is 1. The van der Waals surface area contributed by atoms with E-state index >= 15 is 0 Å². The van der Waals surface area contributed by atoms with Gasteiger partial charge >= 0.3 is 6.03 Å². The second kappa shape index (κ2) is 15.5. The SMILES string of the molecule is COCCN1CCC(c2ccc(F)c(F)c2)C1.COc1ccc(Cn2cc(-c3nn(-c4ccccc4)c(NC(N)=O)c3C)cn2)cc1. The van der Waals surface area contributed by atoms with Gasteiger partial charge < -0.3 is 20.1 Å². The molecule has 246 valence electrons. The summed E-state index contributed by atoms with van der Waals surface area (Å²) in [4.78, 5) is 13.8. The molecule has 6 rings (SSSR count). The van der Waals surface area contributed by atoms with Gasteiger partial charge in [-0.25, -0.2) is 18.3 Å². The number of para-hydroxylation sites is 1. The van der Waals surface area contributed by atoms with Crippen LogP contribution < -0.4 is 15.8 Å². The lowest BCUT2D eigenvalue weighted by Gasteiger charge is -2.15. The molecule has 1 fully saturated rings. The normalized spacial score (nSPS) is 14.4. The molecule has 3 heterocycles. The number of carbonyl (C=O) groups excluding carboxylic acids is 1. The van der Waals surface area contributed by atoms with Crippen molar-refractivity contribution >= 4 is 11.8 Å². The highest BCUT2D eigenvalue weighted by Gasteiger charge is 2.24. The molecule has 2 amide bonds. The third-order valence-electron chi connectivity index (χ3n) is 8.07. The fourth-order valence-electron chi connectivity index (χ4n) is 5.57. The number of nitrogens with two attached hydrogens (primary N) is 1. The molecule has 1 aliphatic rings. The average molecular weight is 644 g/mol. The molecule has 1 unspecified atom stereocenters. The number of hydrogen-bond acceptors (Lipinski definition) is 6. The van der Waals surface area contributed by atoms with Crippen molar-refractivity contribution in [3.05, 3.63) is 114 Å². The Kier molecular flexibility index (Phi) is 11.0. The summed E-state index contributed by atoms with van der Waals surface area (Å²) in [5.41, 5.74) is 10.6. The van der Waals surface area contributed by atoms with Gasteiger partial charge in [-0.15, -0.1) is 0 Å². The van der Waals surface area contributed by atoms with Crippen LogP contribution in [0.4, 0.5) is 19.4 Å². The van der Waals surface area contributed by atoms with E-state index in [-0.39, 0.29) is 0 Å². The zero-order chi connectivity index (χ0) is 33.3. The number of ether oxygens (including phenoxy) is 2. The van der Waals surface area contributed by atoms with Crippen molar-refractivity contribution in [2.45, 2.75) is 25.8 Å². The number of nitrogens with one attached hydrogen (secondary N) is 1. The van der Waals surface area contributed by atoms with E-state index in [0.717, 1.165) is 65.4 Å². The maximum atomic E-state index is 13.1. The topological polar surface area (TPSA) is 112 Å². The summed E-state index contributed by atoms with van der Waals surface area (Å²) in [6, 6.07) is 21.0. The predicted octanol–water partition coefficient (Wildman–Crippen LogP) is 5.99. The summed E-state index contributed by atoms with van der Waals surface area (Å²) in [6.45, 7) is 6.02. The molecular formula is C35H39F2N7O3. The lowest BCUT2D eigenvalue weighted by atomic mass is 9.98. The molecule has 0 spiro atoms. The zero-order valence-electron chi connectivity index (χ0n) is 26.7. The summed E-state index contributed by atoms with van der Waals surface area (Å²) in [6.07, 6.45) is 4.69. The number of methoxy groups -OCH3 is 2. The Hall–Kier alpha value is -5.07. The van der Waals surface area contributed by atoms with E-state index in [2.05, 4.69) is 15.3 Å². The first-order valence-corrected chi connectivity index (χ1v) is 15.3. The lowest BCUT2D eigenvalue weighted by Crippen LogP contribution is -2.24. The van der Waals surface area contributed by atoms with Crippen LogP contribution in [0.2, 0.25) is 0 Å². The van der Waals surface area contributed by atoms with Gasteiger partial charge in [-0.1, -0.05) is 36.4 Å². The van der Waals surface area contributed by atoms with E-state index in [9.17, 15) is 13.6 Å². The van der Waals surface area contributed by atoms with E-state index in [0.29, 0.717) is 24.9 Å². The molecule has 12 heteroatoms. The van der Waals surface area contributed by atoms with E-state index in [1.54, 1.807) is 31.2 Å². The predicted molar refractivity (Wildman–Crippen MR) is 177 cm³/mol. The quantitative estimate of drug-likeness (QED) is 0.193. The molecule has 0 radical (unpaired) electrons. The Labute approximate surface area is 272 Å². The molecule has 1 atom stereocenters. The monoisotopic (exact) mass is 643 g/mol. The van der Waals surface area contributed by atoms with Crippen molar-refractivity contribution in [1.29, 1.82) is 0 Å². The number of primary amides is 1. The summed E-state index contributed by atoms with van der Waals surface area (Å²) in [7, 11) is 3.33. The minimum absolute atomic E-state index is 0.307. The second-order valence-electron chi connectivity index (χ2n) is 11.3. The summed E-state index contributed by atoms with van der Waals surface area (Å²) >= 11 is 0. The number of rotatable bonds is 10. The average Bonchev–Trinajstić information content (AvgIpc) is 3.82. The Bertz CT molecular complexity index is 1770. The van der Waals surface area contributed by atoms with Gasteiger partial charge in [0.05, 0.1) is 32.1 Å². The highest BCUT2D eigenvalue weighted by atomic mass is 19.2. The van der Waals surface area contributed by atoms with Gasteiger partial charge in [0.1, 0.15) is 17.3 Å². The van der Waals surface area contributed by atoms with Crippen LogP contribution in [0, 0.1) is 18.6 Å². The third-order valence-corrected chi connectivity index (χ3v) is 8.07. The van der Waals surface area contributed by atoms with E-state index < -0.39 is 17.7 Å². The molecule has 3 N–H and O–H groups in total. The minimum Gasteiger partial charge on any atom is -0.497 e. The Morgan fingerprint density at radius 2 is 1.81 bits per heavy atom. The molecule has 10 nitrogen and oxygen atoms in total. The van der Waals surface area contributed by atoms with Crippen molar-refractivity contribution in [3.63, 3.8) is 0 Å². The van der Waals surface area contributed by atoms with Crippen LogP contribution in [0.15, 0.2) is 85.2 Å². The van der Waals surface area contributed by atoms with Crippen LogP contribution in [0.5, 0.6) is 5.75 Å². The van der Waals surface area contributed by atoms with Gasteiger partial charge in [0.25, 0.3) is 0 Å². The first-order chi connectivity index (χ1) is 22.7. The summed E-state index contributed by atoms with van der Waals surface area (Å²) < 4.78 is 39.7. The van der Waals surface area contributed by atoms with Crippen LogP contribution in [0.25, 0.3) is 16.9 Å². The fraction of sp³-hybridized carbons (Fsp3) is 0.286. The van der Waals surface area contributed by atoms with Crippen molar-refractivity contribution in [1.82, 2.24) is 24.5 Å². The van der Waals surface area contributed by atoms with Crippen LogP contribution in [-0.4, -0.2) is 71.0 Å². The van der Waals surface area contributed by atoms with Gasteiger partial charge in [0.15, 0.2) is 11.6 Å². The molecule has 3 aromatic carbocycles. The fourth-order valence-corrected chi connectivity index (χ4v) is 5.57. The molecule has 0 saturated carbocycles. The maximum absolute atomic E-state index is 13.1. The third kappa shape index (κ3) is 8.40. The van der Waals surface area contributed by atoms with Gasteiger partial charge in [-0.3, -0.25) is 10.00 Å². The van der Waals surface area contributed by atoms with Crippen molar-refractivity contribution in [3.8, 4) is 22.7 Å². The van der Waals surface area contributed by atoms with Crippen molar-refractivity contribution in [2.24, 2.45) is 5.73 Å². The van der Waals surface area contributed by atoms with E-state index in [1.165, 1.54) is 12.1 Å². The first kappa shape index (κ1) is 33.3. The Balaban J connectivity index is 0.000000216. The molecule has 5 aromatic rings. The maximum Gasteiger partial charge on any atom is 0.317 e. The van der Waals surface area contributed by atoms with E-state index in [1.807, 2.05) is 72.4 Å². The molecule has 1 aliphatic heterocycles. The summed E-state index contributed by atoms with van der Waals surface area (Å²) in [5, 5.41) is 11.9. The smallest absolute Gasteiger partial charge is 0.317 e. The Morgan fingerprint density at radius 3 is 2.49 bits per heavy atom. The zero-order valence-corrected chi connectivity index (χ0v) is 26.7. The molecular weight excluding hydrogens is 604 g/mol. The number of benzene rings is 3. The molecule has 0 bridgehead atoms. The number of anilines is 1. The van der Waals surface area contributed by atoms with Gasteiger partial charge in [0, 0.05) is 37.5 Å². The number of urea groups is 1. The van der Waals surface area contributed by atoms with Crippen molar-refractivity contribution in [2.75, 3.05) is 45.8 Å². The summed E-state index contributed by atoms with van der Waals surface area (Å²) in [5.74, 6) is 0.130. The largest absolute Gasteiger partial charge is 0.497 e. The highest BCUT2D eigenvalue weighted by molar-refractivity contribution is 5.89. The van der Waals surface area contributed by atoms with Crippen LogP contribution in [0.3, 0.4) is 0 Å². The van der Waals surface area contributed by atoms with Gasteiger partial charge in [0.2, 0.25) is 0 Å². The minimum atomic E-state index is -0.775. The van der Waals surface area contributed by atoms with Crippen LogP contribution in [0.1, 0.15) is 29.0 Å². The molecule has 1 saturated heterocycles. The first-order valence-electron chi connectivity index (χ1n) is 15.3. The Morgan fingerprint density at radius 1 is 1.04 bits per heavy atom. The number of nitrogens with zero attached hydrogens (tertiary/aromatic N) is 5. The van der Waals surface area contributed by atoms with Crippen molar-refractivity contribution < 1.29 is 23.0 Å². The molecule has 47 heavy (non-hydrogen) atoms. The number of hydrogen-bond donors (Lipinski definition) is 2. The lowest BCUT2D eigenvalue weighted by molar-refractivity contribution is 0.160. The van der Waals surface area contributed by atoms with Crippen LogP contribution >= 0.6 is 0 Å². The van der Waals surface area contributed by atoms with Crippen LogP contribution in [-0.2, 0) is 11.3 Å². The van der Waals surface area contributed by atoms with Gasteiger partial charge in [-0.2, -0.15) is 10.2 Å². The van der Waals surface area contributed by atoms with Gasteiger partial charge in [-0.05, 0) is 73.3 Å². The molecule has 0 aliphatic carbocycles. The highest BCUT2D eigenvalue weighted by Crippen LogP contribution is 2.31. The standard InChI is InChI=1S/C22H22N6O2.C13H17F2NO/c1-15-20(26-28(21(15)25-22(23)29)18-6-4-3-5-7-18)17-12-24-27(14-17)13-16-8-10-19(30-2)11-9-16;1-17-7-6-16-5-4-11(9-16)10-2-3-12(14)13(15)8-10/h3-12,14H,13H2,1-2H3,(H3,23,25,29);2-3,8,11H,4-7,9H2,1H3. The number of aromatic nitrogens is 4. The second-order valence-corrected chi connectivity index (χ2v) is 11.3. The molecule has 2 aromatic heterocycles. The number of halogens is 2. The number of likely N-dealkylation sites (tertiary alicyclic amines) is 1. The van der Waals surface area contributed by atoms with E-state index in [4.69, 9.17) is 20.3 Å².